The van der Waals surface area contributed by atoms with E-state index >= 15 is 0 Å². The molecule has 3 amide bonds. The SMILES string of the molecule is COc1cc(-c2ncn(-c3ccc(OC(F)(F)F)cc3)n2)ccc1NC(=O)/N=C1\SCC(=O)N1c1cc(N(C)C)ccc1OCCC(F)(F)F. The van der Waals surface area contributed by atoms with Crippen molar-refractivity contribution in [2.45, 2.75) is 19.0 Å². The normalized spacial score (nSPS) is 14.2. The second-order valence-electron chi connectivity index (χ2n) is 10.6. The molecule has 1 fully saturated rings. The van der Waals surface area contributed by atoms with E-state index < -0.39 is 43.3 Å². The molecule has 0 radical (unpaired) electrons. The van der Waals surface area contributed by atoms with Crippen LogP contribution in [0.4, 0.5) is 48.2 Å². The van der Waals surface area contributed by atoms with Crippen molar-refractivity contribution in [3.63, 3.8) is 0 Å². The van der Waals surface area contributed by atoms with Crippen LogP contribution in [0.25, 0.3) is 17.1 Å². The number of methoxy groups -OCH3 is 1. The van der Waals surface area contributed by atoms with Gasteiger partial charge in [-0.1, -0.05) is 11.8 Å². The first-order chi connectivity index (χ1) is 23.6. The van der Waals surface area contributed by atoms with Crippen LogP contribution < -0.4 is 29.3 Å². The Bertz CT molecular complexity index is 1900. The number of urea groups is 1. The fourth-order valence-corrected chi connectivity index (χ4v) is 5.38. The van der Waals surface area contributed by atoms with Crippen molar-refractivity contribution < 1.29 is 50.1 Å². The van der Waals surface area contributed by atoms with E-state index in [1.54, 1.807) is 43.3 Å². The average molecular weight is 724 g/mol. The van der Waals surface area contributed by atoms with Crippen molar-refractivity contribution in [2.75, 3.05) is 48.7 Å². The fourth-order valence-electron chi connectivity index (χ4n) is 4.52. The van der Waals surface area contributed by atoms with Gasteiger partial charge in [0.15, 0.2) is 11.0 Å². The lowest BCUT2D eigenvalue weighted by atomic mass is 10.2. The Balaban J connectivity index is 1.34. The molecule has 0 saturated carbocycles. The summed E-state index contributed by atoms with van der Waals surface area (Å²) < 4.78 is 91.9. The smallest absolute Gasteiger partial charge is 0.495 e. The molecule has 0 aliphatic carbocycles. The lowest BCUT2D eigenvalue weighted by Crippen LogP contribution is -2.31. The zero-order valence-electron chi connectivity index (χ0n) is 26.4. The van der Waals surface area contributed by atoms with E-state index in [0.717, 1.165) is 28.8 Å². The minimum absolute atomic E-state index is 0.00426. The summed E-state index contributed by atoms with van der Waals surface area (Å²) >= 11 is 0.966. The van der Waals surface area contributed by atoms with Crippen LogP contribution in [-0.4, -0.2) is 78.0 Å². The van der Waals surface area contributed by atoms with Crippen LogP contribution in [0.3, 0.4) is 0 Å². The number of nitrogens with one attached hydrogen (secondary N) is 1. The van der Waals surface area contributed by atoms with E-state index in [9.17, 15) is 35.9 Å². The van der Waals surface area contributed by atoms with Crippen LogP contribution in [0.5, 0.6) is 17.2 Å². The van der Waals surface area contributed by atoms with Gasteiger partial charge in [0.1, 0.15) is 23.6 Å². The summed E-state index contributed by atoms with van der Waals surface area (Å²) in [5.41, 5.74) is 1.84. The third-order valence-electron chi connectivity index (χ3n) is 6.83. The van der Waals surface area contributed by atoms with E-state index in [4.69, 9.17) is 9.47 Å². The van der Waals surface area contributed by atoms with E-state index in [2.05, 4.69) is 25.1 Å². The zero-order valence-corrected chi connectivity index (χ0v) is 27.2. The summed E-state index contributed by atoms with van der Waals surface area (Å²) in [6, 6.07) is 13.4. The lowest BCUT2D eigenvalue weighted by molar-refractivity contribution is -0.274. The summed E-state index contributed by atoms with van der Waals surface area (Å²) in [5, 5.41) is 6.93. The Morgan fingerprint density at radius 2 is 1.76 bits per heavy atom. The van der Waals surface area contributed by atoms with Crippen molar-refractivity contribution in [2.24, 2.45) is 4.99 Å². The zero-order chi connectivity index (χ0) is 36.2. The number of amides is 3. The number of nitrogens with zero attached hydrogens (tertiary/aromatic N) is 6. The number of carbonyl (C=O) groups excluding carboxylic acids is 2. The summed E-state index contributed by atoms with van der Waals surface area (Å²) in [6.45, 7) is -0.681. The van der Waals surface area contributed by atoms with Crippen LogP contribution in [0.15, 0.2) is 72.0 Å². The molecule has 12 nitrogen and oxygen atoms in total. The van der Waals surface area contributed by atoms with Crippen molar-refractivity contribution >= 4 is 45.9 Å². The first-order valence-corrected chi connectivity index (χ1v) is 15.4. The first kappa shape index (κ1) is 35.8. The van der Waals surface area contributed by atoms with Gasteiger partial charge in [-0.25, -0.2) is 14.5 Å². The maximum atomic E-state index is 13.1. The van der Waals surface area contributed by atoms with E-state index in [-0.39, 0.29) is 39.6 Å². The number of rotatable bonds is 10. The number of hydrogen-bond donors (Lipinski definition) is 1. The summed E-state index contributed by atoms with van der Waals surface area (Å²) in [4.78, 5) is 37.3. The van der Waals surface area contributed by atoms with Gasteiger partial charge in [-0.05, 0) is 60.7 Å². The van der Waals surface area contributed by atoms with Gasteiger partial charge < -0.3 is 24.4 Å². The molecule has 264 valence electrons. The summed E-state index contributed by atoms with van der Waals surface area (Å²) in [7, 11) is 4.85. The topological polar surface area (TPSA) is 123 Å². The highest BCUT2D eigenvalue weighted by atomic mass is 32.2. The predicted molar refractivity (Wildman–Crippen MR) is 173 cm³/mol. The summed E-state index contributed by atoms with van der Waals surface area (Å²) in [5.74, 6) is -0.489. The number of benzene rings is 3. The Labute approximate surface area is 284 Å². The first-order valence-electron chi connectivity index (χ1n) is 14.4. The van der Waals surface area contributed by atoms with Crippen LogP contribution in [0.1, 0.15) is 6.42 Å². The number of hydrogen-bond acceptors (Lipinski definition) is 9. The van der Waals surface area contributed by atoms with Crippen molar-refractivity contribution in [3.05, 3.63) is 67.0 Å². The molecule has 0 atom stereocenters. The Morgan fingerprint density at radius 1 is 1.02 bits per heavy atom. The standard InChI is InChI=1S/C31H27F6N7O5S/c1-42(2)20-7-11-24(48-13-12-30(32,33)34)23(15-20)44-26(45)16-50-29(44)40-28(46)39-22-10-4-18(14-25(22)47-3)27-38-17-43(41-27)19-5-8-21(9-6-19)49-31(35,36)37/h4-11,14-15,17H,12-13,16H2,1-3H3,(H,39,46)/b40-29-. The second-order valence-corrected chi connectivity index (χ2v) is 11.5. The lowest BCUT2D eigenvalue weighted by Gasteiger charge is -2.23. The maximum Gasteiger partial charge on any atom is 0.573 e. The third-order valence-corrected chi connectivity index (χ3v) is 7.76. The molecule has 19 heteroatoms. The number of amidine groups is 1. The van der Waals surface area contributed by atoms with Gasteiger partial charge in [-0.2, -0.15) is 18.2 Å². The number of aromatic nitrogens is 3. The molecular weight excluding hydrogens is 696 g/mol. The number of aliphatic imine (C=N–C) groups is 1. The van der Waals surface area contributed by atoms with Crippen LogP contribution in [0, 0.1) is 0 Å². The molecule has 0 bridgehead atoms. The van der Waals surface area contributed by atoms with Gasteiger partial charge in [0.05, 0.1) is 43.0 Å². The molecule has 4 aromatic rings. The van der Waals surface area contributed by atoms with E-state index in [1.807, 2.05) is 0 Å². The van der Waals surface area contributed by atoms with Crippen LogP contribution in [-0.2, 0) is 4.79 Å². The molecule has 0 spiro atoms. The number of alkyl halides is 6. The molecule has 1 saturated heterocycles. The number of thioether (sulfide) groups is 1. The predicted octanol–water partition coefficient (Wildman–Crippen LogP) is 6.91. The average Bonchev–Trinajstić information content (AvgIpc) is 3.67. The van der Waals surface area contributed by atoms with Gasteiger partial charge in [0.2, 0.25) is 5.91 Å². The molecule has 5 rings (SSSR count). The molecule has 2 heterocycles. The molecule has 1 N–H and O–H groups in total. The van der Waals surface area contributed by atoms with E-state index in [1.165, 1.54) is 42.4 Å². The van der Waals surface area contributed by atoms with Gasteiger partial charge in [0.25, 0.3) is 0 Å². The van der Waals surface area contributed by atoms with Gasteiger partial charge in [-0.3, -0.25) is 9.69 Å². The highest BCUT2D eigenvalue weighted by Gasteiger charge is 2.34. The third kappa shape index (κ3) is 8.95. The molecule has 3 aromatic carbocycles. The maximum absolute atomic E-state index is 13.1. The quantitative estimate of drug-likeness (QED) is 0.174. The molecular formula is C31H27F6N7O5S. The molecule has 50 heavy (non-hydrogen) atoms. The Morgan fingerprint density at radius 3 is 2.42 bits per heavy atom. The summed E-state index contributed by atoms with van der Waals surface area (Å²) in [6.07, 6.45) is -9.11. The van der Waals surface area contributed by atoms with Gasteiger partial charge >= 0.3 is 18.6 Å². The fraction of sp³-hybridized carbons (Fsp3) is 0.258. The number of carbonyl (C=O) groups is 2. The Hall–Kier alpha value is -5.46. The monoisotopic (exact) mass is 723 g/mol. The molecule has 1 aromatic heterocycles. The molecule has 0 unspecified atom stereocenters. The number of ether oxygens (including phenoxy) is 3. The van der Waals surface area contributed by atoms with E-state index in [0.29, 0.717) is 16.9 Å². The Kier molecular flexibility index (Phi) is 10.4. The van der Waals surface area contributed by atoms with Gasteiger partial charge in [-0.15, -0.1) is 18.3 Å². The van der Waals surface area contributed by atoms with Crippen molar-refractivity contribution in [3.8, 4) is 34.3 Å². The number of anilines is 3. The minimum Gasteiger partial charge on any atom is -0.495 e. The second kappa shape index (κ2) is 14.6. The molecule has 1 aliphatic rings. The van der Waals surface area contributed by atoms with Crippen LogP contribution >= 0.6 is 11.8 Å². The largest absolute Gasteiger partial charge is 0.573 e. The highest BCUT2D eigenvalue weighted by molar-refractivity contribution is 8.15. The van der Waals surface area contributed by atoms with Crippen molar-refractivity contribution in [1.29, 1.82) is 0 Å². The molecule has 1 aliphatic heterocycles. The van der Waals surface area contributed by atoms with Crippen molar-refractivity contribution in [1.82, 2.24) is 14.8 Å². The van der Waals surface area contributed by atoms with Crippen LogP contribution in [0.2, 0.25) is 0 Å². The number of halogens is 6. The highest BCUT2D eigenvalue weighted by Crippen LogP contribution is 2.38. The van der Waals surface area contributed by atoms with Gasteiger partial charge in [0, 0.05) is 25.3 Å². The minimum atomic E-state index is -4.82.